The second-order valence-electron chi connectivity index (χ2n) is 5.60. The highest BCUT2D eigenvalue weighted by Gasteiger charge is 2.32. The molecule has 1 fully saturated rings. The molecule has 1 aliphatic carbocycles. The zero-order valence-corrected chi connectivity index (χ0v) is 12.4. The summed E-state index contributed by atoms with van der Waals surface area (Å²) < 4.78 is 11.0. The molecule has 0 amide bonds. The lowest BCUT2D eigenvalue weighted by Gasteiger charge is -2.27. The first-order chi connectivity index (χ1) is 10.1. The van der Waals surface area contributed by atoms with E-state index in [2.05, 4.69) is 0 Å². The average molecular weight is 309 g/mol. The zero-order chi connectivity index (χ0) is 14.8. The van der Waals surface area contributed by atoms with Gasteiger partial charge >= 0.3 is 5.97 Å². The standard InChI is InChI=1S/C16H17ClO4/c17-12-5-6-14-10(8-12)7-11(9-20-14)16(19)21-15-4-2-1-3-13(15)18/h5-6,8,11,15H,1-4,7,9H2/t11-,15+/m0/s1. The van der Waals surface area contributed by atoms with Crippen molar-refractivity contribution in [1.82, 2.24) is 0 Å². The number of hydrogen-bond acceptors (Lipinski definition) is 4. The van der Waals surface area contributed by atoms with Crippen molar-refractivity contribution in [2.24, 2.45) is 5.92 Å². The average Bonchev–Trinajstić information content (AvgIpc) is 2.48. The summed E-state index contributed by atoms with van der Waals surface area (Å²) in [5, 5.41) is 0.619. The van der Waals surface area contributed by atoms with E-state index in [4.69, 9.17) is 21.1 Å². The summed E-state index contributed by atoms with van der Waals surface area (Å²) in [4.78, 5) is 23.9. The summed E-state index contributed by atoms with van der Waals surface area (Å²) in [6.45, 7) is 0.286. The minimum atomic E-state index is -0.563. The SMILES string of the molecule is O=C(O[C@@H]1CCCCC1=O)[C@@H]1COc2ccc(Cl)cc2C1. The van der Waals surface area contributed by atoms with Crippen molar-refractivity contribution in [3.63, 3.8) is 0 Å². The molecule has 0 unspecified atom stereocenters. The Morgan fingerprint density at radius 1 is 1.33 bits per heavy atom. The monoisotopic (exact) mass is 308 g/mol. The quantitative estimate of drug-likeness (QED) is 0.788. The first-order valence-corrected chi connectivity index (χ1v) is 7.66. The van der Waals surface area contributed by atoms with Crippen molar-refractivity contribution in [2.75, 3.05) is 6.61 Å². The lowest BCUT2D eigenvalue weighted by atomic mass is 9.95. The molecule has 1 aliphatic heterocycles. The maximum atomic E-state index is 12.2. The van der Waals surface area contributed by atoms with Gasteiger partial charge in [-0.05, 0) is 49.4 Å². The Bertz CT molecular complexity index is 569. The van der Waals surface area contributed by atoms with Crippen LogP contribution in [0.15, 0.2) is 18.2 Å². The molecule has 0 radical (unpaired) electrons. The van der Waals surface area contributed by atoms with E-state index in [1.165, 1.54) is 0 Å². The number of Topliss-reactive ketones (excluding diaryl/α,β-unsaturated/α-hetero) is 1. The normalized spacial score (nSPS) is 24.9. The number of esters is 1. The van der Waals surface area contributed by atoms with E-state index < -0.39 is 6.10 Å². The van der Waals surface area contributed by atoms with E-state index in [-0.39, 0.29) is 24.3 Å². The van der Waals surface area contributed by atoms with Crippen LogP contribution < -0.4 is 4.74 Å². The summed E-state index contributed by atoms with van der Waals surface area (Å²) >= 11 is 5.96. The van der Waals surface area contributed by atoms with Gasteiger partial charge in [0.15, 0.2) is 11.9 Å². The number of ether oxygens (including phenoxy) is 2. The van der Waals surface area contributed by atoms with Gasteiger partial charge < -0.3 is 9.47 Å². The Hall–Kier alpha value is -1.55. The second kappa shape index (κ2) is 6.06. The molecule has 1 aromatic carbocycles. The molecule has 1 aromatic rings. The van der Waals surface area contributed by atoms with Gasteiger partial charge in [-0.25, -0.2) is 0 Å². The molecule has 2 atom stereocenters. The Morgan fingerprint density at radius 2 is 2.19 bits per heavy atom. The maximum Gasteiger partial charge on any atom is 0.313 e. The van der Waals surface area contributed by atoms with Gasteiger partial charge in [0.2, 0.25) is 0 Å². The van der Waals surface area contributed by atoms with Crippen LogP contribution in [0.25, 0.3) is 0 Å². The summed E-state index contributed by atoms with van der Waals surface area (Å²) in [7, 11) is 0. The van der Waals surface area contributed by atoms with Crippen LogP contribution in [0.2, 0.25) is 5.02 Å². The molecule has 4 nitrogen and oxygen atoms in total. The van der Waals surface area contributed by atoms with Crippen LogP contribution in [0.3, 0.4) is 0 Å². The molecule has 1 saturated carbocycles. The van der Waals surface area contributed by atoms with Crippen LogP contribution in [-0.4, -0.2) is 24.5 Å². The van der Waals surface area contributed by atoms with Crippen molar-refractivity contribution >= 4 is 23.4 Å². The Morgan fingerprint density at radius 3 is 3.00 bits per heavy atom. The predicted molar refractivity (Wildman–Crippen MR) is 77.5 cm³/mol. The van der Waals surface area contributed by atoms with Crippen LogP contribution in [-0.2, 0) is 20.7 Å². The molecule has 112 valence electrons. The minimum Gasteiger partial charge on any atom is -0.492 e. The van der Waals surface area contributed by atoms with Gasteiger partial charge in [-0.1, -0.05) is 11.6 Å². The molecular formula is C16H17ClO4. The molecule has 0 aromatic heterocycles. The number of hydrogen-bond donors (Lipinski definition) is 0. The van der Waals surface area contributed by atoms with E-state index in [1.54, 1.807) is 6.07 Å². The van der Waals surface area contributed by atoms with E-state index in [1.807, 2.05) is 12.1 Å². The molecule has 2 aliphatic rings. The van der Waals surface area contributed by atoms with E-state index in [9.17, 15) is 9.59 Å². The van der Waals surface area contributed by atoms with Crippen LogP contribution >= 0.6 is 11.6 Å². The molecule has 5 heteroatoms. The number of carbonyl (C=O) groups excluding carboxylic acids is 2. The molecule has 0 N–H and O–H groups in total. The first kappa shape index (κ1) is 14.4. The second-order valence-corrected chi connectivity index (χ2v) is 6.04. The third-order valence-electron chi connectivity index (χ3n) is 4.02. The highest BCUT2D eigenvalue weighted by atomic mass is 35.5. The van der Waals surface area contributed by atoms with Gasteiger partial charge in [-0.3, -0.25) is 9.59 Å². The molecule has 1 heterocycles. The van der Waals surface area contributed by atoms with Crippen molar-refractivity contribution in [3.05, 3.63) is 28.8 Å². The Kier molecular flexibility index (Phi) is 4.15. The lowest BCUT2D eigenvalue weighted by Crippen LogP contribution is -2.36. The van der Waals surface area contributed by atoms with Gasteiger partial charge in [0, 0.05) is 11.4 Å². The van der Waals surface area contributed by atoms with E-state index in [0.717, 1.165) is 24.2 Å². The summed E-state index contributed by atoms with van der Waals surface area (Å²) in [5.41, 5.74) is 0.908. The van der Waals surface area contributed by atoms with Crippen LogP contribution in [0, 0.1) is 5.92 Å². The van der Waals surface area contributed by atoms with Crippen molar-refractivity contribution < 1.29 is 19.1 Å². The third-order valence-corrected chi connectivity index (χ3v) is 4.25. The van der Waals surface area contributed by atoms with Gasteiger partial charge in [0.05, 0.1) is 5.92 Å². The zero-order valence-electron chi connectivity index (χ0n) is 11.6. The largest absolute Gasteiger partial charge is 0.492 e. The number of benzene rings is 1. The lowest BCUT2D eigenvalue weighted by molar-refractivity contribution is -0.161. The molecule has 21 heavy (non-hydrogen) atoms. The maximum absolute atomic E-state index is 12.2. The Labute approximate surface area is 128 Å². The molecular weight excluding hydrogens is 292 g/mol. The summed E-state index contributed by atoms with van der Waals surface area (Å²) in [6.07, 6.45) is 2.95. The number of rotatable bonds is 2. The van der Waals surface area contributed by atoms with Crippen molar-refractivity contribution in [2.45, 2.75) is 38.2 Å². The predicted octanol–water partition coefficient (Wildman–Crippen LogP) is 2.95. The van der Waals surface area contributed by atoms with Gasteiger partial charge in [0.1, 0.15) is 12.4 Å². The molecule has 0 bridgehead atoms. The number of fused-ring (bicyclic) bond motifs is 1. The molecule has 0 spiro atoms. The van der Waals surface area contributed by atoms with Crippen molar-refractivity contribution in [1.29, 1.82) is 0 Å². The molecule has 3 rings (SSSR count). The minimum absolute atomic E-state index is 0.0368. The first-order valence-electron chi connectivity index (χ1n) is 7.28. The smallest absolute Gasteiger partial charge is 0.313 e. The fourth-order valence-corrected chi connectivity index (χ4v) is 3.02. The number of ketones is 1. The summed E-state index contributed by atoms with van der Waals surface area (Å²) in [5.74, 6) is 0.0820. The molecule has 0 saturated heterocycles. The fourth-order valence-electron chi connectivity index (χ4n) is 2.83. The van der Waals surface area contributed by atoms with Crippen molar-refractivity contribution in [3.8, 4) is 5.75 Å². The van der Waals surface area contributed by atoms with Crippen LogP contribution in [0.5, 0.6) is 5.75 Å². The third kappa shape index (κ3) is 3.21. The number of carbonyl (C=O) groups is 2. The van der Waals surface area contributed by atoms with E-state index >= 15 is 0 Å². The fraction of sp³-hybridized carbons (Fsp3) is 0.500. The van der Waals surface area contributed by atoms with Gasteiger partial charge in [0.25, 0.3) is 0 Å². The topological polar surface area (TPSA) is 52.6 Å². The highest BCUT2D eigenvalue weighted by Crippen LogP contribution is 2.30. The number of halogens is 1. The summed E-state index contributed by atoms with van der Waals surface area (Å²) in [6, 6.07) is 5.38. The van der Waals surface area contributed by atoms with Crippen LogP contribution in [0.4, 0.5) is 0 Å². The van der Waals surface area contributed by atoms with Gasteiger partial charge in [-0.2, -0.15) is 0 Å². The van der Waals surface area contributed by atoms with E-state index in [0.29, 0.717) is 24.3 Å². The van der Waals surface area contributed by atoms with Gasteiger partial charge in [-0.15, -0.1) is 0 Å². The highest BCUT2D eigenvalue weighted by molar-refractivity contribution is 6.30. The Balaban J connectivity index is 1.65. The van der Waals surface area contributed by atoms with Crippen LogP contribution in [0.1, 0.15) is 31.2 Å².